The molecule has 0 bridgehead atoms. The number of hydrogen-bond donors (Lipinski definition) is 1. The first-order valence-corrected chi connectivity index (χ1v) is 6.00. The van der Waals surface area contributed by atoms with Crippen LogP contribution in [0, 0.1) is 6.92 Å². The Morgan fingerprint density at radius 1 is 1.06 bits per heavy atom. The summed E-state index contributed by atoms with van der Waals surface area (Å²) in [7, 11) is 0. The van der Waals surface area contributed by atoms with Crippen molar-refractivity contribution in [3.8, 4) is 16.9 Å². The van der Waals surface area contributed by atoms with E-state index in [-0.39, 0.29) is 5.75 Å². The van der Waals surface area contributed by atoms with Crippen LogP contribution in [0.3, 0.4) is 0 Å². The van der Waals surface area contributed by atoms with Crippen LogP contribution in [-0.4, -0.2) is 5.11 Å². The number of aryl methyl sites for hydroxylation is 1. The van der Waals surface area contributed by atoms with E-state index >= 15 is 0 Å². The molecule has 3 heteroatoms. The number of aromatic hydroxyl groups is 1. The lowest BCUT2D eigenvalue weighted by atomic mass is 10.00. The second-order valence-electron chi connectivity index (χ2n) is 3.62. The van der Waals surface area contributed by atoms with Gasteiger partial charge in [-0.25, -0.2) is 0 Å². The fraction of sp³-hybridized carbons (Fsp3) is 0.0769. The fourth-order valence-corrected chi connectivity index (χ4v) is 2.30. The quantitative estimate of drug-likeness (QED) is 0.803. The van der Waals surface area contributed by atoms with Gasteiger partial charge < -0.3 is 5.11 Å². The van der Waals surface area contributed by atoms with Crippen LogP contribution in [0.15, 0.2) is 40.9 Å². The summed E-state index contributed by atoms with van der Waals surface area (Å²) in [5, 5.41) is 10.4. The van der Waals surface area contributed by atoms with Crippen molar-refractivity contribution in [2.75, 3.05) is 0 Å². The monoisotopic (exact) mass is 296 g/mol. The number of phenols is 1. The van der Waals surface area contributed by atoms with E-state index in [1.165, 1.54) is 0 Å². The molecule has 0 aromatic heterocycles. The Morgan fingerprint density at radius 3 is 2.50 bits per heavy atom. The molecule has 0 unspecified atom stereocenters. The Hall–Kier alpha value is -0.990. The molecule has 0 fully saturated rings. The molecule has 0 aliphatic heterocycles. The number of halogens is 2. The fourth-order valence-electron chi connectivity index (χ4n) is 1.65. The Labute approximate surface area is 108 Å². The molecule has 0 amide bonds. The van der Waals surface area contributed by atoms with Gasteiger partial charge in [-0.15, -0.1) is 0 Å². The smallest absolute Gasteiger partial charge is 0.123 e. The zero-order valence-electron chi connectivity index (χ0n) is 8.67. The third kappa shape index (κ3) is 2.23. The van der Waals surface area contributed by atoms with Gasteiger partial charge in [-0.2, -0.15) is 0 Å². The van der Waals surface area contributed by atoms with Gasteiger partial charge in [-0.1, -0.05) is 33.6 Å². The third-order valence-electron chi connectivity index (χ3n) is 2.44. The average Bonchev–Trinajstić information content (AvgIpc) is 2.22. The maximum absolute atomic E-state index is 9.81. The summed E-state index contributed by atoms with van der Waals surface area (Å²) < 4.78 is 1.02. The molecule has 1 nitrogen and oxygen atoms in total. The second kappa shape index (κ2) is 4.48. The van der Waals surface area contributed by atoms with Crippen LogP contribution in [0.5, 0.6) is 5.75 Å². The molecule has 2 aromatic carbocycles. The van der Waals surface area contributed by atoms with Crippen molar-refractivity contribution in [1.82, 2.24) is 0 Å². The lowest BCUT2D eigenvalue weighted by Gasteiger charge is -2.09. The molecule has 2 aromatic rings. The highest BCUT2D eigenvalue weighted by Gasteiger charge is 2.07. The lowest BCUT2D eigenvalue weighted by Crippen LogP contribution is -1.84. The minimum Gasteiger partial charge on any atom is -0.507 e. The molecule has 0 aliphatic rings. The van der Waals surface area contributed by atoms with E-state index in [2.05, 4.69) is 15.9 Å². The first-order chi connectivity index (χ1) is 7.58. The van der Waals surface area contributed by atoms with E-state index in [0.29, 0.717) is 5.02 Å². The van der Waals surface area contributed by atoms with E-state index < -0.39 is 0 Å². The predicted octanol–water partition coefficient (Wildman–Crippen LogP) is 4.78. The number of phenolic OH excluding ortho intramolecular Hbond substituents is 1. The molecule has 16 heavy (non-hydrogen) atoms. The van der Waals surface area contributed by atoms with Crippen LogP contribution < -0.4 is 0 Å². The lowest BCUT2D eigenvalue weighted by molar-refractivity contribution is 0.477. The zero-order valence-corrected chi connectivity index (χ0v) is 11.0. The van der Waals surface area contributed by atoms with Gasteiger partial charge in [-0.05, 0) is 48.4 Å². The molecular formula is C13H10BrClO. The Kier molecular flexibility index (Phi) is 3.22. The van der Waals surface area contributed by atoms with Crippen LogP contribution in [0.1, 0.15) is 5.56 Å². The Bertz CT molecular complexity index is 537. The van der Waals surface area contributed by atoms with Gasteiger partial charge in [0.2, 0.25) is 0 Å². The van der Waals surface area contributed by atoms with Crippen molar-refractivity contribution >= 4 is 27.5 Å². The number of benzene rings is 2. The molecule has 0 aliphatic carbocycles. The summed E-state index contributed by atoms with van der Waals surface area (Å²) in [4.78, 5) is 0. The first-order valence-electron chi connectivity index (χ1n) is 4.83. The van der Waals surface area contributed by atoms with Gasteiger partial charge in [0.25, 0.3) is 0 Å². The van der Waals surface area contributed by atoms with Crippen LogP contribution in [0.25, 0.3) is 11.1 Å². The van der Waals surface area contributed by atoms with Gasteiger partial charge >= 0.3 is 0 Å². The molecular weight excluding hydrogens is 287 g/mol. The van der Waals surface area contributed by atoms with Gasteiger partial charge in [0.15, 0.2) is 0 Å². The van der Waals surface area contributed by atoms with Gasteiger partial charge in [0, 0.05) is 15.1 Å². The first kappa shape index (κ1) is 11.5. The molecule has 0 saturated heterocycles. The average molecular weight is 298 g/mol. The van der Waals surface area contributed by atoms with Crippen molar-refractivity contribution in [3.63, 3.8) is 0 Å². The van der Waals surface area contributed by atoms with Crippen LogP contribution >= 0.6 is 27.5 Å². The predicted molar refractivity (Wildman–Crippen MR) is 71.0 cm³/mol. The summed E-state index contributed by atoms with van der Waals surface area (Å²) in [6.07, 6.45) is 0. The molecule has 82 valence electrons. The topological polar surface area (TPSA) is 20.2 Å². The van der Waals surface area contributed by atoms with Crippen molar-refractivity contribution in [3.05, 3.63) is 51.5 Å². The minimum absolute atomic E-state index is 0.245. The van der Waals surface area contributed by atoms with E-state index in [4.69, 9.17) is 11.6 Å². The van der Waals surface area contributed by atoms with Crippen molar-refractivity contribution in [2.45, 2.75) is 6.92 Å². The SMILES string of the molecule is Cc1cc(Br)ccc1-c1cc(Cl)ccc1O. The zero-order chi connectivity index (χ0) is 11.7. The number of rotatable bonds is 1. The molecule has 0 radical (unpaired) electrons. The molecule has 2 rings (SSSR count). The minimum atomic E-state index is 0.245. The summed E-state index contributed by atoms with van der Waals surface area (Å²) >= 11 is 9.34. The molecule has 0 atom stereocenters. The molecule has 0 spiro atoms. The van der Waals surface area contributed by atoms with E-state index in [1.54, 1.807) is 18.2 Å². The summed E-state index contributed by atoms with van der Waals surface area (Å²) in [5.41, 5.74) is 2.84. The van der Waals surface area contributed by atoms with Crippen molar-refractivity contribution in [2.24, 2.45) is 0 Å². The van der Waals surface area contributed by atoms with Crippen LogP contribution in [0.4, 0.5) is 0 Å². The largest absolute Gasteiger partial charge is 0.507 e. The Balaban J connectivity index is 2.62. The van der Waals surface area contributed by atoms with E-state index in [0.717, 1.165) is 21.2 Å². The molecule has 0 saturated carbocycles. The molecule has 1 N–H and O–H groups in total. The normalized spacial score (nSPS) is 10.4. The van der Waals surface area contributed by atoms with Crippen LogP contribution in [0.2, 0.25) is 5.02 Å². The van der Waals surface area contributed by atoms with Gasteiger partial charge in [-0.3, -0.25) is 0 Å². The van der Waals surface area contributed by atoms with Gasteiger partial charge in [0.1, 0.15) is 5.75 Å². The summed E-state index contributed by atoms with van der Waals surface area (Å²) in [6.45, 7) is 2.00. The Morgan fingerprint density at radius 2 is 1.81 bits per heavy atom. The van der Waals surface area contributed by atoms with Gasteiger partial charge in [0.05, 0.1) is 0 Å². The second-order valence-corrected chi connectivity index (χ2v) is 4.97. The van der Waals surface area contributed by atoms with Crippen LogP contribution in [-0.2, 0) is 0 Å². The highest BCUT2D eigenvalue weighted by Crippen LogP contribution is 2.34. The van der Waals surface area contributed by atoms with E-state index in [9.17, 15) is 5.11 Å². The highest BCUT2D eigenvalue weighted by atomic mass is 79.9. The maximum Gasteiger partial charge on any atom is 0.123 e. The van der Waals surface area contributed by atoms with Crippen molar-refractivity contribution < 1.29 is 5.11 Å². The number of hydrogen-bond acceptors (Lipinski definition) is 1. The third-order valence-corrected chi connectivity index (χ3v) is 3.17. The summed E-state index contributed by atoms with van der Waals surface area (Å²) in [6, 6.07) is 11.0. The van der Waals surface area contributed by atoms with E-state index in [1.807, 2.05) is 25.1 Å². The molecule has 0 heterocycles. The van der Waals surface area contributed by atoms with Crippen molar-refractivity contribution in [1.29, 1.82) is 0 Å². The maximum atomic E-state index is 9.81. The standard InChI is InChI=1S/C13H10BrClO/c1-8-6-9(14)2-4-11(8)12-7-10(15)3-5-13(12)16/h2-7,16H,1H3. The highest BCUT2D eigenvalue weighted by molar-refractivity contribution is 9.10. The summed E-state index contributed by atoms with van der Waals surface area (Å²) in [5.74, 6) is 0.245.